The first-order chi connectivity index (χ1) is 28.3. The van der Waals surface area contributed by atoms with Gasteiger partial charge < -0.3 is 9.13 Å². The van der Waals surface area contributed by atoms with Gasteiger partial charge in [0.1, 0.15) is 0 Å². The molecule has 2 unspecified atom stereocenters. The number of fused-ring (bicyclic) bond motifs is 9. The van der Waals surface area contributed by atoms with Crippen LogP contribution in [0.15, 0.2) is 188 Å². The maximum absolute atomic E-state index is 2.61. The first-order valence-electron chi connectivity index (χ1n) is 20.6. The van der Waals surface area contributed by atoms with Crippen LogP contribution >= 0.6 is 0 Å². The number of nitrogens with zero attached hydrogens (tertiary/aromatic N) is 2. The van der Waals surface area contributed by atoms with Gasteiger partial charge >= 0.3 is 0 Å². The lowest BCUT2D eigenvalue weighted by atomic mass is 9.59. The van der Waals surface area contributed by atoms with E-state index in [0.717, 1.165) is 25.7 Å². The van der Waals surface area contributed by atoms with Crippen molar-refractivity contribution in [3.05, 3.63) is 233 Å². The fraction of sp³-hybridized carbons (Fsp3) is 0.127. The Kier molecular flexibility index (Phi) is 7.26. The molecule has 57 heavy (non-hydrogen) atoms. The highest BCUT2D eigenvalue weighted by atomic mass is 15.0. The molecule has 0 saturated carbocycles. The van der Waals surface area contributed by atoms with Crippen molar-refractivity contribution in [3.63, 3.8) is 0 Å². The van der Waals surface area contributed by atoms with Gasteiger partial charge in [0.05, 0.1) is 11.0 Å². The van der Waals surface area contributed by atoms with Crippen LogP contribution < -0.4 is 0 Å². The molecule has 0 fully saturated rings. The zero-order valence-corrected chi connectivity index (χ0v) is 31.9. The largest absolute Gasteiger partial charge is 0.314 e. The normalized spacial score (nSPS) is 17.6. The molecule has 7 aromatic carbocycles. The van der Waals surface area contributed by atoms with Crippen molar-refractivity contribution in [2.75, 3.05) is 0 Å². The van der Waals surface area contributed by atoms with E-state index in [0.29, 0.717) is 5.92 Å². The van der Waals surface area contributed by atoms with E-state index < -0.39 is 0 Å². The molecule has 272 valence electrons. The predicted molar refractivity (Wildman–Crippen MR) is 236 cm³/mol. The molecule has 3 aliphatic carbocycles. The third kappa shape index (κ3) is 4.65. The Morgan fingerprint density at radius 2 is 1.09 bits per heavy atom. The third-order valence-corrected chi connectivity index (χ3v) is 13.6. The molecule has 2 nitrogen and oxygen atoms in total. The minimum atomic E-state index is -0.236. The van der Waals surface area contributed by atoms with E-state index >= 15 is 0 Å². The Labute approximate surface area is 334 Å². The number of rotatable bonds is 5. The van der Waals surface area contributed by atoms with Crippen molar-refractivity contribution in [1.29, 1.82) is 0 Å². The number of allylic oxidation sites excluding steroid dienone is 1. The van der Waals surface area contributed by atoms with Gasteiger partial charge in [-0.15, -0.1) is 0 Å². The fourth-order valence-corrected chi connectivity index (χ4v) is 11.4. The highest BCUT2D eigenvalue weighted by Crippen LogP contribution is 2.59. The molecule has 9 aromatic rings. The number of benzene rings is 7. The van der Waals surface area contributed by atoms with Crippen LogP contribution in [0.4, 0.5) is 0 Å². The first kappa shape index (κ1) is 32.6. The van der Waals surface area contributed by atoms with Crippen LogP contribution in [0.1, 0.15) is 57.1 Å². The summed E-state index contributed by atoms with van der Waals surface area (Å²) in [6.45, 7) is 0. The predicted octanol–water partition coefficient (Wildman–Crippen LogP) is 13.0. The molecule has 2 heterocycles. The zero-order valence-electron chi connectivity index (χ0n) is 31.9. The molecule has 2 heteroatoms. The first-order valence-corrected chi connectivity index (χ1v) is 20.6. The van der Waals surface area contributed by atoms with Crippen molar-refractivity contribution in [2.45, 2.75) is 37.0 Å². The zero-order chi connectivity index (χ0) is 37.5. The summed E-state index contributed by atoms with van der Waals surface area (Å²) in [6.07, 6.45) is 9.12. The molecular weight excluding hydrogens is 689 g/mol. The van der Waals surface area contributed by atoms with Crippen molar-refractivity contribution in [2.24, 2.45) is 5.92 Å². The average Bonchev–Trinajstić information content (AvgIpc) is 3.91. The molecule has 2 atom stereocenters. The maximum Gasteiger partial charge on any atom is 0.0579 e. The molecular formula is C55H42N2. The van der Waals surface area contributed by atoms with Gasteiger partial charge in [-0.3, -0.25) is 0 Å². The molecule has 12 rings (SSSR count). The number of para-hydroxylation sites is 4. The number of hydrogen-bond donors (Lipinski definition) is 0. The van der Waals surface area contributed by atoms with E-state index in [-0.39, 0.29) is 11.3 Å². The lowest BCUT2D eigenvalue weighted by Crippen LogP contribution is -2.39. The second kappa shape index (κ2) is 12.7. The van der Waals surface area contributed by atoms with Crippen molar-refractivity contribution >= 4 is 27.9 Å². The Hall–Kier alpha value is -6.64. The van der Waals surface area contributed by atoms with Crippen LogP contribution in [0.2, 0.25) is 0 Å². The SMILES string of the molecule is C1=CC(c2cccc3c4ccccc4n(-c4ccccc4)c23)Cc2c3c(n(-c4ccccc4)c21)CCC(C1(c2ccccc2)c2ccccc2-c2ccccc21)C3. The minimum absolute atomic E-state index is 0.236. The molecule has 0 bridgehead atoms. The van der Waals surface area contributed by atoms with E-state index in [1.807, 2.05) is 0 Å². The summed E-state index contributed by atoms with van der Waals surface area (Å²) in [4.78, 5) is 0. The van der Waals surface area contributed by atoms with Crippen LogP contribution in [0, 0.1) is 5.92 Å². The molecule has 0 amide bonds. The Balaban J connectivity index is 1.05. The van der Waals surface area contributed by atoms with E-state index in [9.17, 15) is 0 Å². The van der Waals surface area contributed by atoms with Gasteiger partial charge in [0.25, 0.3) is 0 Å². The van der Waals surface area contributed by atoms with E-state index in [1.165, 1.54) is 83.5 Å². The lowest BCUT2D eigenvalue weighted by Gasteiger charge is -2.43. The molecule has 0 aliphatic heterocycles. The minimum Gasteiger partial charge on any atom is -0.314 e. The monoisotopic (exact) mass is 730 g/mol. The van der Waals surface area contributed by atoms with Crippen LogP contribution in [-0.2, 0) is 24.7 Å². The van der Waals surface area contributed by atoms with E-state index in [2.05, 4.69) is 203 Å². The molecule has 3 aliphatic rings. The maximum atomic E-state index is 2.61. The lowest BCUT2D eigenvalue weighted by molar-refractivity contribution is 0.333. The van der Waals surface area contributed by atoms with Crippen molar-refractivity contribution in [3.8, 4) is 22.5 Å². The topological polar surface area (TPSA) is 9.86 Å². The molecule has 2 aromatic heterocycles. The van der Waals surface area contributed by atoms with Crippen LogP contribution in [0.5, 0.6) is 0 Å². The summed E-state index contributed by atoms with van der Waals surface area (Å²) in [6, 6.07) is 67.9. The summed E-state index contributed by atoms with van der Waals surface area (Å²) in [5.74, 6) is 0.626. The standard InChI is InChI=1S/C55H42N2/c1-4-17-38(18-5-1)55(49-28-13-10-23-43(49)44-24-11-14-29-50(44)55)39-32-34-53-48(36-39)47-35-37(31-33-52(47)56(53)40-19-6-2-7-20-40)42-26-16-27-46-45-25-12-15-30-51(45)57(54(42)46)41-21-8-3-9-22-41/h1-31,33,37,39H,32,34-36H2. The molecule has 0 N–H and O–H groups in total. The second-order valence-electron chi connectivity index (χ2n) is 16.3. The van der Waals surface area contributed by atoms with Gasteiger partial charge in [-0.05, 0) is 113 Å². The Bertz CT molecular complexity index is 2970. The summed E-state index contributed by atoms with van der Waals surface area (Å²) >= 11 is 0. The van der Waals surface area contributed by atoms with Gasteiger partial charge in [-0.2, -0.15) is 0 Å². The Morgan fingerprint density at radius 1 is 0.491 bits per heavy atom. The second-order valence-corrected chi connectivity index (χ2v) is 16.3. The number of hydrogen-bond acceptors (Lipinski definition) is 0. The van der Waals surface area contributed by atoms with Gasteiger partial charge in [-0.25, -0.2) is 0 Å². The Morgan fingerprint density at radius 3 is 1.81 bits per heavy atom. The summed E-state index contributed by atoms with van der Waals surface area (Å²) in [5.41, 5.74) is 19.2. The molecule has 0 radical (unpaired) electrons. The van der Waals surface area contributed by atoms with Crippen molar-refractivity contribution < 1.29 is 0 Å². The van der Waals surface area contributed by atoms with Crippen molar-refractivity contribution in [1.82, 2.24) is 9.13 Å². The van der Waals surface area contributed by atoms with Crippen LogP contribution in [0.25, 0.3) is 50.4 Å². The van der Waals surface area contributed by atoms with Gasteiger partial charge in [-0.1, -0.05) is 158 Å². The average molecular weight is 731 g/mol. The highest BCUT2D eigenvalue weighted by Gasteiger charge is 2.51. The summed E-state index contributed by atoms with van der Waals surface area (Å²) < 4.78 is 5.11. The van der Waals surface area contributed by atoms with Gasteiger partial charge in [0.2, 0.25) is 0 Å². The summed E-state index contributed by atoms with van der Waals surface area (Å²) in [5, 5.41) is 2.62. The number of aromatic nitrogens is 2. The van der Waals surface area contributed by atoms with Gasteiger partial charge in [0, 0.05) is 44.9 Å². The highest BCUT2D eigenvalue weighted by molar-refractivity contribution is 6.10. The molecule has 0 spiro atoms. The summed E-state index contributed by atoms with van der Waals surface area (Å²) in [7, 11) is 0. The van der Waals surface area contributed by atoms with Crippen LogP contribution in [0.3, 0.4) is 0 Å². The third-order valence-electron chi connectivity index (χ3n) is 13.6. The smallest absolute Gasteiger partial charge is 0.0579 e. The van der Waals surface area contributed by atoms with E-state index in [1.54, 1.807) is 5.56 Å². The molecule has 0 saturated heterocycles. The van der Waals surface area contributed by atoms with Gasteiger partial charge in [0.15, 0.2) is 0 Å². The quantitative estimate of drug-likeness (QED) is 0.167. The van der Waals surface area contributed by atoms with E-state index in [4.69, 9.17) is 0 Å². The van der Waals surface area contributed by atoms with Crippen LogP contribution in [-0.4, -0.2) is 9.13 Å². The fourth-order valence-electron chi connectivity index (χ4n) is 11.4.